The topological polar surface area (TPSA) is 90.1 Å². The first-order valence-corrected chi connectivity index (χ1v) is 5.89. The van der Waals surface area contributed by atoms with Gasteiger partial charge in [0, 0.05) is 25.7 Å². The number of piperidine rings is 1. The highest BCUT2D eigenvalue weighted by Gasteiger charge is 2.22. The maximum absolute atomic E-state index is 10.6. The fourth-order valence-corrected chi connectivity index (χ4v) is 2.15. The van der Waals surface area contributed by atoms with Crippen LogP contribution in [-0.2, 0) is 4.79 Å². The Bertz CT molecular complexity index is 475. The molecule has 0 radical (unpaired) electrons. The molecule has 1 aliphatic heterocycles. The Morgan fingerprint density at radius 2 is 2.28 bits per heavy atom. The molecule has 0 amide bonds. The van der Waals surface area contributed by atoms with Gasteiger partial charge < -0.3 is 10.0 Å². The molecule has 1 aromatic rings. The molecule has 1 saturated heterocycles. The monoisotopic (exact) mass is 246 g/mol. The van der Waals surface area contributed by atoms with Gasteiger partial charge in [0.2, 0.25) is 5.95 Å². The van der Waals surface area contributed by atoms with E-state index in [9.17, 15) is 4.79 Å². The zero-order chi connectivity index (χ0) is 13.0. The van der Waals surface area contributed by atoms with Crippen LogP contribution < -0.4 is 4.90 Å². The van der Waals surface area contributed by atoms with Crippen LogP contribution in [0.1, 0.15) is 25.0 Å². The minimum Gasteiger partial charge on any atom is -0.481 e. The summed E-state index contributed by atoms with van der Waals surface area (Å²) in [5.41, 5.74) is 0.354. The summed E-state index contributed by atoms with van der Waals surface area (Å²) in [7, 11) is 0. The third-order valence-electron chi connectivity index (χ3n) is 3.12. The van der Waals surface area contributed by atoms with Gasteiger partial charge in [-0.2, -0.15) is 5.26 Å². The molecule has 0 unspecified atom stereocenters. The molecule has 6 nitrogen and oxygen atoms in total. The second-order valence-corrected chi connectivity index (χ2v) is 4.38. The summed E-state index contributed by atoms with van der Waals surface area (Å²) in [5.74, 6) is 0.0527. The normalized spacial score (nSPS) is 16.3. The Hall–Kier alpha value is -2.16. The number of nitriles is 1. The predicted molar refractivity (Wildman–Crippen MR) is 63.9 cm³/mol. The van der Waals surface area contributed by atoms with Gasteiger partial charge in [-0.1, -0.05) is 0 Å². The van der Waals surface area contributed by atoms with E-state index in [0.717, 1.165) is 25.9 Å². The van der Waals surface area contributed by atoms with Crippen LogP contribution in [0.5, 0.6) is 0 Å². The van der Waals surface area contributed by atoms with Gasteiger partial charge in [-0.15, -0.1) is 0 Å². The van der Waals surface area contributed by atoms with Crippen LogP contribution in [0.15, 0.2) is 12.3 Å². The Balaban J connectivity index is 1.97. The number of aliphatic carboxylic acids is 1. The number of hydrogen-bond donors (Lipinski definition) is 1. The SMILES string of the molecule is N#Cc1ccnc(N2CCC(CC(=O)O)CC2)n1. The van der Waals surface area contributed by atoms with E-state index in [1.165, 1.54) is 0 Å². The highest BCUT2D eigenvalue weighted by atomic mass is 16.4. The maximum atomic E-state index is 10.6. The van der Waals surface area contributed by atoms with E-state index >= 15 is 0 Å². The van der Waals surface area contributed by atoms with Crippen LogP contribution in [0.25, 0.3) is 0 Å². The van der Waals surface area contributed by atoms with Gasteiger partial charge in [-0.05, 0) is 24.8 Å². The first-order valence-electron chi connectivity index (χ1n) is 5.89. The van der Waals surface area contributed by atoms with Gasteiger partial charge in [0.15, 0.2) is 0 Å². The molecule has 0 saturated carbocycles. The molecule has 0 aliphatic carbocycles. The molecule has 94 valence electrons. The number of carboxylic acid groups (broad SMARTS) is 1. The van der Waals surface area contributed by atoms with Crippen molar-refractivity contribution in [2.24, 2.45) is 5.92 Å². The lowest BCUT2D eigenvalue weighted by atomic mass is 9.94. The van der Waals surface area contributed by atoms with E-state index in [1.54, 1.807) is 12.3 Å². The molecule has 0 aromatic carbocycles. The molecule has 0 atom stereocenters. The number of hydrogen-bond acceptors (Lipinski definition) is 5. The van der Waals surface area contributed by atoms with Gasteiger partial charge in [0.25, 0.3) is 0 Å². The molecule has 18 heavy (non-hydrogen) atoms. The van der Waals surface area contributed by atoms with Gasteiger partial charge in [0.1, 0.15) is 11.8 Å². The Morgan fingerprint density at radius 3 is 2.89 bits per heavy atom. The summed E-state index contributed by atoms with van der Waals surface area (Å²) in [6.45, 7) is 1.49. The summed E-state index contributed by atoms with van der Waals surface area (Å²) < 4.78 is 0. The molecule has 2 heterocycles. The molecule has 0 spiro atoms. The molecule has 1 aliphatic rings. The predicted octanol–water partition coefficient (Wildman–Crippen LogP) is 1.04. The Kier molecular flexibility index (Phi) is 3.72. The lowest BCUT2D eigenvalue weighted by Crippen LogP contribution is -2.35. The number of nitrogens with zero attached hydrogens (tertiary/aromatic N) is 4. The lowest BCUT2D eigenvalue weighted by molar-refractivity contribution is -0.138. The van der Waals surface area contributed by atoms with Gasteiger partial charge in [-0.25, -0.2) is 9.97 Å². The number of anilines is 1. The molecule has 1 fully saturated rings. The molecule has 6 heteroatoms. The van der Waals surface area contributed by atoms with Crippen LogP contribution in [0, 0.1) is 17.2 Å². The fraction of sp³-hybridized carbons (Fsp3) is 0.500. The van der Waals surface area contributed by atoms with Crippen molar-refractivity contribution in [3.8, 4) is 6.07 Å². The van der Waals surface area contributed by atoms with Crippen molar-refractivity contribution in [3.63, 3.8) is 0 Å². The summed E-state index contributed by atoms with van der Waals surface area (Å²) in [5, 5.41) is 17.5. The van der Waals surface area contributed by atoms with Gasteiger partial charge in [-0.3, -0.25) is 4.79 Å². The summed E-state index contributed by atoms with van der Waals surface area (Å²) in [6.07, 6.45) is 3.45. The van der Waals surface area contributed by atoms with Crippen LogP contribution >= 0.6 is 0 Å². The van der Waals surface area contributed by atoms with E-state index in [4.69, 9.17) is 10.4 Å². The van der Waals surface area contributed by atoms with Gasteiger partial charge in [0.05, 0.1) is 0 Å². The highest BCUT2D eigenvalue weighted by molar-refractivity contribution is 5.67. The van der Waals surface area contributed by atoms with Crippen LogP contribution in [0.3, 0.4) is 0 Å². The first kappa shape index (κ1) is 12.3. The molecule has 0 bridgehead atoms. The fourth-order valence-electron chi connectivity index (χ4n) is 2.15. The standard InChI is InChI=1S/C12H14N4O2/c13-8-10-1-4-14-12(15-10)16-5-2-9(3-6-16)7-11(17)18/h1,4,9H,2-3,5-7H2,(H,17,18). The first-order chi connectivity index (χ1) is 8.69. The molecule has 1 aromatic heterocycles. The third-order valence-corrected chi connectivity index (χ3v) is 3.12. The van der Waals surface area contributed by atoms with E-state index in [1.807, 2.05) is 11.0 Å². The van der Waals surface area contributed by atoms with E-state index in [0.29, 0.717) is 11.6 Å². The quantitative estimate of drug-likeness (QED) is 0.857. The highest BCUT2D eigenvalue weighted by Crippen LogP contribution is 2.22. The number of aromatic nitrogens is 2. The zero-order valence-corrected chi connectivity index (χ0v) is 9.91. The van der Waals surface area contributed by atoms with Crippen molar-refractivity contribution < 1.29 is 9.90 Å². The minimum absolute atomic E-state index is 0.229. The average molecular weight is 246 g/mol. The second-order valence-electron chi connectivity index (χ2n) is 4.38. The van der Waals surface area contributed by atoms with Gasteiger partial charge >= 0.3 is 5.97 Å². The van der Waals surface area contributed by atoms with Crippen LogP contribution in [0.2, 0.25) is 0 Å². The lowest BCUT2D eigenvalue weighted by Gasteiger charge is -2.31. The van der Waals surface area contributed by atoms with E-state index < -0.39 is 5.97 Å². The summed E-state index contributed by atoms with van der Waals surface area (Å²) in [4.78, 5) is 20.9. The van der Waals surface area contributed by atoms with Crippen molar-refractivity contribution in [1.29, 1.82) is 5.26 Å². The number of carbonyl (C=O) groups is 1. The summed E-state index contributed by atoms with van der Waals surface area (Å²) >= 11 is 0. The molecular formula is C12H14N4O2. The molecule has 2 rings (SSSR count). The van der Waals surface area contributed by atoms with Crippen LogP contribution in [0.4, 0.5) is 5.95 Å². The maximum Gasteiger partial charge on any atom is 0.303 e. The third kappa shape index (κ3) is 2.94. The molecule has 1 N–H and O–H groups in total. The van der Waals surface area contributed by atoms with Crippen LogP contribution in [-0.4, -0.2) is 34.1 Å². The smallest absolute Gasteiger partial charge is 0.303 e. The van der Waals surface area contributed by atoms with E-state index in [-0.39, 0.29) is 12.3 Å². The zero-order valence-electron chi connectivity index (χ0n) is 9.91. The minimum atomic E-state index is -0.740. The second kappa shape index (κ2) is 5.45. The van der Waals surface area contributed by atoms with Crippen molar-refractivity contribution in [1.82, 2.24) is 9.97 Å². The number of rotatable bonds is 3. The number of carboxylic acids is 1. The van der Waals surface area contributed by atoms with Crippen molar-refractivity contribution in [2.75, 3.05) is 18.0 Å². The van der Waals surface area contributed by atoms with Crippen molar-refractivity contribution in [3.05, 3.63) is 18.0 Å². The Labute approximate surface area is 105 Å². The molecular weight excluding hydrogens is 232 g/mol. The summed E-state index contributed by atoms with van der Waals surface area (Å²) in [6, 6.07) is 3.56. The van der Waals surface area contributed by atoms with Crippen molar-refractivity contribution in [2.45, 2.75) is 19.3 Å². The Morgan fingerprint density at radius 1 is 1.56 bits per heavy atom. The van der Waals surface area contributed by atoms with Crippen molar-refractivity contribution >= 4 is 11.9 Å². The van der Waals surface area contributed by atoms with E-state index in [2.05, 4.69) is 9.97 Å². The largest absolute Gasteiger partial charge is 0.481 e. The average Bonchev–Trinajstić information content (AvgIpc) is 2.39.